The van der Waals surface area contributed by atoms with Gasteiger partial charge in [-0.25, -0.2) is 9.97 Å². The number of hydrogen-bond donors (Lipinski definition) is 3. The topological polar surface area (TPSA) is 88.5 Å². The van der Waals surface area contributed by atoms with Crippen molar-refractivity contribution in [3.8, 4) is 0 Å². The van der Waals surface area contributed by atoms with E-state index in [9.17, 15) is 0 Å². The second-order valence-corrected chi connectivity index (χ2v) is 4.24. The molecule has 0 aliphatic heterocycles. The molecule has 98 valence electrons. The van der Waals surface area contributed by atoms with Crippen molar-refractivity contribution in [1.82, 2.24) is 14.4 Å². The minimum Gasteiger partial charge on any atom is -0.396 e. The Morgan fingerprint density at radius 3 is 2.94 bits per heavy atom. The highest BCUT2D eigenvalue weighted by molar-refractivity contribution is 5.64. The van der Waals surface area contributed by atoms with Crippen LogP contribution in [0.1, 0.15) is 25.7 Å². The molecule has 0 amide bonds. The predicted octanol–water partition coefficient (Wildman–Crippen LogP) is 1.28. The fourth-order valence-electron chi connectivity index (χ4n) is 1.87. The highest BCUT2D eigenvalue weighted by Gasteiger charge is 2.04. The number of nitrogens with zero attached hydrogens (tertiary/aromatic N) is 3. The lowest BCUT2D eigenvalue weighted by molar-refractivity contribution is 0.283. The quantitative estimate of drug-likeness (QED) is 0.643. The second kappa shape index (κ2) is 6.20. The Hall–Kier alpha value is -1.82. The molecule has 6 nitrogen and oxygen atoms in total. The van der Waals surface area contributed by atoms with E-state index in [1.54, 1.807) is 12.4 Å². The van der Waals surface area contributed by atoms with Crippen LogP contribution >= 0.6 is 0 Å². The molecule has 0 unspecified atom stereocenters. The molecule has 0 saturated heterocycles. The van der Waals surface area contributed by atoms with E-state index in [1.165, 1.54) is 0 Å². The van der Waals surface area contributed by atoms with Crippen LogP contribution in [0.2, 0.25) is 0 Å². The van der Waals surface area contributed by atoms with Crippen LogP contribution in [-0.2, 0) is 0 Å². The summed E-state index contributed by atoms with van der Waals surface area (Å²) >= 11 is 0. The number of aromatic nitrogens is 3. The molecule has 18 heavy (non-hydrogen) atoms. The van der Waals surface area contributed by atoms with E-state index in [0.29, 0.717) is 5.82 Å². The summed E-state index contributed by atoms with van der Waals surface area (Å²) in [5, 5.41) is 11.9. The minimum absolute atomic E-state index is 0.277. The van der Waals surface area contributed by atoms with Crippen LogP contribution in [0.3, 0.4) is 0 Å². The largest absolute Gasteiger partial charge is 0.396 e. The molecule has 0 aliphatic rings. The van der Waals surface area contributed by atoms with Crippen molar-refractivity contribution in [1.29, 1.82) is 0 Å². The van der Waals surface area contributed by atoms with Crippen molar-refractivity contribution in [2.24, 2.45) is 0 Å². The molecule has 0 aromatic carbocycles. The summed E-state index contributed by atoms with van der Waals surface area (Å²) in [5.74, 6) is 1.20. The van der Waals surface area contributed by atoms with Crippen LogP contribution in [-0.4, -0.2) is 32.6 Å². The number of nitrogens with one attached hydrogen (secondary N) is 1. The smallest absolute Gasteiger partial charge is 0.180 e. The Kier molecular flexibility index (Phi) is 4.35. The number of aliphatic hydroxyl groups is 1. The van der Waals surface area contributed by atoms with Crippen LogP contribution in [0, 0.1) is 0 Å². The molecule has 6 heteroatoms. The molecular weight excluding hydrogens is 230 g/mol. The Bertz CT molecular complexity index is 496. The second-order valence-electron chi connectivity index (χ2n) is 4.24. The van der Waals surface area contributed by atoms with Crippen molar-refractivity contribution in [2.45, 2.75) is 25.7 Å². The number of nitrogens with two attached hydrogens (primary N) is 1. The molecular formula is C12H19N5O. The zero-order chi connectivity index (χ0) is 12.8. The first-order valence-corrected chi connectivity index (χ1v) is 6.25. The maximum absolute atomic E-state index is 8.68. The molecule has 0 bridgehead atoms. The van der Waals surface area contributed by atoms with Crippen molar-refractivity contribution >= 4 is 17.3 Å². The van der Waals surface area contributed by atoms with E-state index in [-0.39, 0.29) is 6.61 Å². The first-order valence-electron chi connectivity index (χ1n) is 6.25. The normalized spacial score (nSPS) is 10.9. The summed E-state index contributed by atoms with van der Waals surface area (Å²) in [7, 11) is 0. The average molecular weight is 249 g/mol. The van der Waals surface area contributed by atoms with Gasteiger partial charge in [0.05, 0.1) is 6.20 Å². The van der Waals surface area contributed by atoms with Gasteiger partial charge in [0.2, 0.25) is 0 Å². The molecule has 2 aromatic rings. The van der Waals surface area contributed by atoms with E-state index >= 15 is 0 Å². The van der Waals surface area contributed by atoms with Gasteiger partial charge >= 0.3 is 0 Å². The highest BCUT2D eigenvalue weighted by Crippen LogP contribution is 2.14. The van der Waals surface area contributed by atoms with Gasteiger partial charge in [-0.15, -0.1) is 0 Å². The third kappa shape index (κ3) is 3.10. The van der Waals surface area contributed by atoms with Crippen molar-refractivity contribution in [2.75, 3.05) is 24.2 Å². The van der Waals surface area contributed by atoms with Crippen LogP contribution in [0.15, 0.2) is 18.6 Å². The van der Waals surface area contributed by atoms with E-state index in [0.717, 1.165) is 43.7 Å². The van der Waals surface area contributed by atoms with Crippen LogP contribution in [0.5, 0.6) is 0 Å². The van der Waals surface area contributed by atoms with Gasteiger partial charge in [0.25, 0.3) is 0 Å². The number of anilines is 2. The Balaban J connectivity index is 1.89. The summed E-state index contributed by atoms with van der Waals surface area (Å²) in [6.07, 6.45) is 9.39. The molecule has 0 spiro atoms. The molecule has 0 fully saturated rings. The van der Waals surface area contributed by atoms with Crippen molar-refractivity contribution < 1.29 is 5.11 Å². The Morgan fingerprint density at radius 1 is 1.28 bits per heavy atom. The van der Waals surface area contributed by atoms with Gasteiger partial charge in [-0.1, -0.05) is 12.8 Å². The fourth-order valence-corrected chi connectivity index (χ4v) is 1.87. The van der Waals surface area contributed by atoms with Crippen LogP contribution in [0.4, 0.5) is 11.6 Å². The number of nitrogen functional groups attached to an aromatic ring is 1. The summed E-state index contributed by atoms with van der Waals surface area (Å²) < 4.78 is 1.86. The average Bonchev–Trinajstić information content (AvgIpc) is 2.81. The number of rotatable bonds is 7. The lowest BCUT2D eigenvalue weighted by atomic mass is 10.2. The van der Waals surface area contributed by atoms with E-state index in [4.69, 9.17) is 10.8 Å². The monoisotopic (exact) mass is 249 g/mol. The Labute approximate surface area is 106 Å². The molecule has 2 rings (SSSR count). The summed E-state index contributed by atoms with van der Waals surface area (Å²) in [4.78, 5) is 8.49. The third-order valence-corrected chi connectivity index (χ3v) is 2.77. The summed E-state index contributed by atoms with van der Waals surface area (Å²) in [6, 6.07) is 0. The van der Waals surface area contributed by atoms with Gasteiger partial charge in [0, 0.05) is 25.5 Å². The van der Waals surface area contributed by atoms with Gasteiger partial charge in [-0.3, -0.25) is 0 Å². The van der Waals surface area contributed by atoms with Crippen LogP contribution < -0.4 is 11.1 Å². The molecule has 0 atom stereocenters. The Morgan fingerprint density at radius 2 is 2.11 bits per heavy atom. The van der Waals surface area contributed by atoms with Gasteiger partial charge in [-0.05, 0) is 12.8 Å². The molecule has 0 saturated carbocycles. The summed E-state index contributed by atoms with van der Waals surface area (Å²) in [6.45, 7) is 1.11. The molecule has 0 radical (unpaired) electrons. The lowest BCUT2D eigenvalue weighted by Gasteiger charge is -2.07. The zero-order valence-corrected chi connectivity index (χ0v) is 10.3. The SMILES string of the molecule is Nc1cn2ccnc2c(NCCCCCCO)n1. The summed E-state index contributed by atoms with van der Waals surface area (Å²) in [5.41, 5.74) is 6.52. The maximum Gasteiger partial charge on any atom is 0.180 e. The minimum atomic E-state index is 0.277. The van der Waals surface area contributed by atoms with E-state index in [1.807, 2.05) is 10.6 Å². The number of fused-ring (bicyclic) bond motifs is 1. The molecule has 2 aromatic heterocycles. The molecule has 0 aliphatic carbocycles. The van der Waals surface area contributed by atoms with Gasteiger partial charge in [0.15, 0.2) is 11.5 Å². The highest BCUT2D eigenvalue weighted by atomic mass is 16.2. The standard InChI is InChI=1S/C12H19N5O/c13-10-9-17-7-6-15-12(17)11(16-10)14-5-3-1-2-4-8-18/h6-7,9,18H,1-5,8,13H2,(H,14,16). The lowest BCUT2D eigenvalue weighted by Crippen LogP contribution is -2.07. The zero-order valence-electron chi connectivity index (χ0n) is 10.3. The van der Waals surface area contributed by atoms with Crippen molar-refractivity contribution in [3.05, 3.63) is 18.6 Å². The fraction of sp³-hybridized carbons (Fsp3) is 0.500. The number of imidazole rings is 1. The van der Waals surface area contributed by atoms with Crippen molar-refractivity contribution in [3.63, 3.8) is 0 Å². The number of hydrogen-bond acceptors (Lipinski definition) is 5. The van der Waals surface area contributed by atoms with Gasteiger partial charge in [-0.2, -0.15) is 0 Å². The maximum atomic E-state index is 8.68. The van der Waals surface area contributed by atoms with Gasteiger partial charge in [0.1, 0.15) is 5.82 Å². The van der Waals surface area contributed by atoms with E-state index < -0.39 is 0 Å². The molecule has 2 heterocycles. The predicted molar refractivity (Wildman–Crippen MR) is 71.4 cm³/mol. The van der Waals surface area contributed by atoms with Gasteiger partial charge < -0.3 is 20.6 Å². The van der Waals surface area contributed by atoms with E-state index in [2.05, 4.69) is 15.3 Å². The first kappa shape index (κ1) is 12.6. The number of unbranched alkanes of at least 4 members (excludes halogenated alkanes) is 3. The molecule has 4 N–H and O–H groups in total. The first-order chi connectivity index (χ1) is 8.81. The third-order valence-electron chi connectivity index (χ3n) is 2.77. The van der Waals surface area contributed by atoms with Crippen LogP contribution in [0.25, 0.3) is 5.65 Å². The number of aliphatic hydroxyl groups excluding tert-OH is 1.